The maximum absolute atomic E-state index is 12.0. The Bertz CT molecular complexity index is 762. The van der Waals surface area contributed by atoms with E-state index in [1.165, 1.54) is 7.11 Å². The van der Waals surface area contributed by atoms with E-state index in [4.69, 9.17) is 19.5 Å². The summed E-state index contributed by atoms with van der Waals surface area (Å²) in [4.78, 5) is 23.6. The Balaban J connectivity index is 1.79. The summed E-state index contributed by atoms with van der Waals surface area (Å²) < 4.78 is 15.2. The molecule has 0 fully saturated rings. The zero-order valence-corrected chi connectivity index (χ0v) is 13.0. The molecule has 0 radical (unpaired) electrons. The number of methoxy groups -OCH3 is 1. The normalized spacial score (nSPS) is 9.67. The van der Waals surface area contributed by atoms with Gasteiger partial charge in [-0.25, -0.2) is 4.79 Å². The Hall–Kier alpha value is -3.33. The van der Waals surface area contributed by atoms with Gasteiger partial charge in [0.15, 0.2) is 19.0 Å². The van der Waals surface area contributed by atoms with Gasteiger partial charge in [-0.3, -0.25) is 4.79 Å². The molecular weight excluding hydrogens is 310 g/mol. The Morgan fingerprint density at radius 3 is 2.46 bits per heavy atom. The molecule has 0 atom stereocenters. The van der Waals surface area contributed by atoms with Crippen LogP contribution in [0.15, 0.2) is 48.5 Å². The van der Waals surface area contributed by atoms with Crippen LogP contribution >= 0.6 is 0 Å². The molecule has 2 aromatic carbocycles. The summed E-state index contributed by atoms with van der Waals surface area (Å²) >= 11 is 0. The van der Waals surface area contributed by atoms with Crippen molar-refractivity contribution in [2.75, 3.05) is 20.3 Å². The summed E-state index contributed by atoms with van der Waals surface area (Å²) in [5, 5.41) is 8.69. The fraction of sp³-hybridized carbons (Fsp3) is 0.167. The van der Waals surface area contributed by atoms with Gasteiger partial charge in [-0.05, 0) is 36.4 Å². The molecule has 0 heterocycles. The number of hydrogen-bond donors (Lipinski definition) is 0. The number of rotatable bonds is 7. The average molecular weight is 325 g/mol. The molecular formula is C18H15NO5. The van der Waals surface area contributed by atoms with Crippen LogP contribution in [0.1, 0.15) is 15.9 Å². The lowest BCUT2D eigenvalue weighted by molar-refractivity contribution is -0.144. The maximum Gasteiger partial charge on any atom is 0.344 e. The van der Waals surface area contributed by atoms with E-state index in [0.29, 0.717) is 22.6 Å². The van der Waals surface area contributed by atoms with Gasteiger partial charge in [0.25, 0.3) is 0 Å². The van der Waals surface area contributed by atoms with Gasteiger partial charge in [0.2, 0.25) is 0 Å². The average Bonchev–Trinajstić information content (AvgIpc) is 2.64. The molecule has 122 valence electrons. The van der Waals surface area contributed by atoms with E-state index in [0.717, 1.165) is 0 Å². The van der Waals surface area contributed by atoms with E-state index in [2.05, 4.69) is 0 Å². The third-order valence-corrected chi connectivity index (χ3v) is 3.10. The minimum atomic E-state index is -0.657. The van der Waals surface area contributed by atoms with Crippen LogP contribution in [0.2, 0.25) is 0 Å². The summed E-state index contributed by atoms with van der Waals surface area (Å²) in [5.74, 6) is -0.00220. The minimum absolute atomic E-state index is 0.322. The van der Waals surface area contributed by atoms with Crippen molar-refractivity contribution in [2.45, 2.75) is 0 Å². The number of carbonyl (C=O) groups is 2. The number of benzene rings is 2. The first-order chi connectivity index (χ1) is 11.6. The molecule has 6 heteroatoms. The lowest BCUT2D eigenvalue weighted by atomic mass is 10.1. The third kappa shape index (κ3) is 4.85. The van der Waals surface area contributed by atoms with E-state index in [1.807, 2.05) is 6.07 Å². The lowest BCUT2D eigenvalue weighted by Crippen LogP contribution is -2.19. The molecule has 0 N–H and O–H groups in total. The van der Waals surface area contributed by atoms with Crippen LogP contribution in [0.3, 0.4) is 0 Å². The zero-order chi connectivity index (χ0) is 17.4. The number of nitrogens with zero attached hydrogens (tertiary/aromatic N) is 1. The van der Waals surface area contributed by atoms with Gasteiger partial charge in [0, 0.05) is 5.56 Å². The summed E-state index contributed by atoms with van der Waals surface area (Å²) in [6.07, 6.45) is 0. The fourth-order valence-electron chi connectivity index (χ4n) is 1.84. The van der Waals surface area contributed by atoms with Gasteiger partial charge in [-0.2, -0.15) is 5.26 Å². The molecule has 6 nitrogen and oxygen atoms in total. The lowest BCUT2D eigenvalue weighted by Gasteiger charge is -2.07. The topological polar surface area (TPSA) is 85.6 Å². The number of ketones is 1. The van der Waals surface area contributed by atoms with Crippen molar-refractivity contribution in [3.8, 4) is 17.6 Å². The third-order valence-electron chi connectivity index (χ3n) is 3.10. The Morgan fingerprint density at radius 1 is 1.04 bits per heavy atom. The van der Waals surface area contributed by atoms with Crippen LogP contribution in [0.4, 0.5) is 0 Å². The quantitative estimate of drug-likeness (QED) is 0.574. The van der Waals surface area contributed by atoms with Crippen molar-refractivity contribution in [2.24, 2.45) is 0 Å². The highest BCUT2D eigenvalue weighted by Gasteiger charge is 2.11. The zero-order valence-electron chi connectivity index (χ0n) is 13.0. The standard InChI is InChI=1S/C18H15NO5/c1-22-16-4-2-3-14(9-16)17(20)11-24-18(21)12-23-15-7-5-13(10-19)6-8-15/h2-9H,11-12H2,1H3. The van der Waals surface area contributed by atoms with Crippen molar-refractivity contribution in [1.82, 2.24) is 0 Å². The number of nitriles is 1. The SMILES string of the molecule is COc1cccc(C(=O)COC(=O)COc2ccc(C#N)cc2)c1. The van der Waals surface area contributed by atoms with Gasteiger partial charge >= 0.3 is 5.97 Å². The van der Waals surface area contributed by atoms with E-state index in [9.17, 15) is 9.59 Å². The molecule has 2 rings (SSSR count). The summed E-state index contributed by atoms with van der Waals surface area (Å²) in [6.45, 7) is -0.694. The highest BCUT2D eigenvalue weighted by Crippen LogP contribution is 2.13. The van der Waals surface area contributed by atoms with Crippen molar-refractivity contribution >= 4 is 11.8 Å². The van der Waals surface area contributed by atoms with Gasteiger partial charge in [-0.1, -0.05) is 12.1 Å². The molecule has 0 aromatic heterocycles. The second kappa shape index (κ2) is 8.34. The van der Waals surface area contributed by atoms with Crippen molar-refractivity contribution in [3.63, 3.8) is 0 Å². The molecule has 2 aromatic rings. The molecule has 0 unspecified atom stereocenters. The van der Waals surface area contributed by atoms with Crippen LogP contribution in [0.25, 0.3) is 0 Å². The summed E-state index contributed by atoms with van der Waals surface area (Å²) in [6, 6.07) is 14.9. The predicted octanol–water partition coefficient (Wildman–Crippen LogP) is 2.37. The second-order valence-electron chi connectivity index (χ2n) is 4.74. The monoisotopic (exact) mass is 325 g/mol. The molecule has 0 saturated heterocycles. The van der Waals surface area contributed by atoms with Crippen molar-refractivity contribution < 1.29 is 23.8 Å². The van der Waals surface area contributed by atoms with Gasteiger partial charge in [0.05, 0.1) is 18.7 Å². The van der Waals surface area contributed by atoms with Crippen molar-refractivity contribution in [3.05, 3.63) is 59.7 Å². The molecule has 0 saturated carbocycles. The van der Waals surface area contributed by atoms with E-state index >= 15 is 0 Å². The van der Waals surface area contributed by atoms with Gasteiger partial charge in [-0.15, -0.1) is 0 Å². The van der Waals surface area contributed by atoms with E-state index in [-0.39, 0.29) is 19.0 Å². The molecule has 0 aliphatic rings. The Kier molecular flexibility index (Phi) is 5.92. The van der Waals surface area contributed by atoms with Crippen LogP contribution in [0, 0.1) is 11.3 Å². The fourth-order valence-corrected chi connectivity index (χ4v) is 1.84. The van der Waals surface area contributed by atoms with Gasteiger partial charge in [0.1, 0.15) is 11.5 Å². The molecule has 0 amide bonds. The maximum atomic E-state index is 12.0. The molecule has 0 aliphatic carbocycles. The molecule has 24 heavy (non-hydrogen) atoms. The molecule has 0 spiro atoms. The van der Waals surface area contributed by atoms with E-state index < -0.39 is 5.97 Å². The minimum Gasteiger partial charge on any atom is -0.497 e. The summed E-state index contributed by atoms with van der Waals surface area (Å²) in [7, 11) is 1.50. The van der Waals surface area contributed by atoms with Crippen LogP contribution < -0.4 is 9.47 Å². The van der Waals surface area contributed by atoms with Crippen LogP contribution in [-0.2, 0) is 9.53 Å². The first-order valence-electron chi connectivity index (χ1n) is 7.08. The van der Waals surface area contributed by atoms with Gasteiger partial charge < -0.3 is 14.2 Å². The molecule has 0 bridgehead atoms. The Morgan fingerprint density at radius 2 is 1.79 bits per heavy atom. The predicted molar refractivity (Wildman–Crippen MR) is 84.9 cm³/mol. The second-order valence-corrected chi connectivity index (χ2v) is 4.74. The number of Topliss-reactive ketones (excluding diaryl/α,β-unsaturated/α-hetero) is 1. The smallest absolute Gasteiger partial charge is 0.344 e. The van der Waals surface area contributed by atoms with Crippen LogP contribution in [0.5, 0.6) is 11.5 Å². The number of hydrogen-bond acceptors (Lipinski definition) is 6. The highest BCUT2D eigenvalue weighted by atomic mass is 16.6. The van der Waals surface area contributed by atoms with Crippen molar-refractivity contribution in [1.29, 1.82) is 5.26 Å². The first-order valence-corrected chi connectivity index (χ1v) is 7.08. The number of carbonyl (C=O) groups excluding carboxylic acids is 2. The first kappa shape index (κ1) is 17.0. The highest BCUT2D eigenvalue weighted by molar-refractivity contribution is 5.98. The summed E-state index contributed by atoms with van der Waals surface area (Å²) in [5.41, 5.74) is 0.893. The number of esters is 1. The molecule has 0 aliphatic heterocycles. The van der Waals surface area contributed by atoms with Crippen LogP contribution in [-0.4, -0.2) is 32.1 Å². The number of ether oxygens (including phenoxy) is 3. The largest absolute Gasteiger partial charge is 0.497 e. The van der Waals surface area contributed by atoms with E-state index in [1.54, 1.807) is 48.5 Å². The Labute approximate surface area is 139 Å².